The first-order valence-electron chi connectivity index (χ1n) is 11.0. The number of aromatic nitrogens is 1. The Balaban J connectivity index is 1.56. The Morgan fingerprint density at radius 3 is 2.19 bits per heavy atom. The molecule has 0 radical (unpaired) electrons. The van der Waals surface area contributed by atoms with Crippen LogP contribution in [0.15, 0.2) is 36.5 Å². The smallest absolute Gasteiger partial charge is 0.250 e. The van der Waals surface area contributed by atoms with E-state index in [4.69, 9.17) is 15.2 Å². The molecular weight excluding hydrogens is 392 g/mol. The molecule has 1 aliphatic heterocycles. The Hall–Kier alpha value is -2.80. The molecule has 1 amide bonds. The zero-order chi connectivity index (χ0) is 22.4. The number of hydrogen-bond acceptors (Lipinski definition) is 6. The van der Waals surface area contributed by atoms with Gasteiger partial charge < -0.3 is 20.5 Å². The van der Waals surface area contributed by atoms with Crippen LogP contribution in [0.25, 0.3) is 0 Å². The van der Waals surface area contributed by atoms with Crippen LogP contribution in [0.2, 0.25) is 0 Å². The molecule has 2 heterocycles. The van der Waals surface area contributed by atoms with Gasteiger partial charge in [-0.3, -0.25) is 9.69 Å². The van der Waals surface area contributed by atoms with E-state index in [0.29, 0.717) is 11.6 Å². The molecule has 7 nitrogen and oxygen atoms in total. The quantitative estimate of drug-likeness (QED) is 0.633. The number of primary amides is 1. The maximum Gasteiger partial charge on any atom is 0.250 e. The van der Waals surface area contributed by atoms with E-state index in [1.807, 2.05) is 39.8 Å². The van der Waals surface area contributed by atoms with Gasteiger partial charge in [-0.15, -0.1) is 0 Å². The SMILES string of the molecule is CC(C)Oc1cc(CN2CCC(Nc3ccc(C(N)=O)cn3)CC2)cc(OC(C)C)c1. The number of carbonyl (C=O) groups is 1. The molecule has 168 valence electrons. The minimum atomic E-state index is -0.461. The van der Waals surface area contributed by atoms with E-state index in [2.05, 4.69) is 27.3 Å². The average Bonchev–Trinajstić information content (AvgIpc) is 2.68. The van der Waals surface area contributed by atoms with Gasteiger partial charge in [-0.1, -0.05) is 0 Å². The number of pyridine rings is 1. The van der Waals surface area contributed by atoms with Crippen LogP contribution in [-0.4, -0.2) is 47.1 Å². The molecule has 0 bridgehead atoms. The molecule has 1 aliphatic rings. The molecule has 3 rings (SSSR count). The lowest BCUT2D eigenvalue weighted by atomic mass is 10.0. The topological polar surface area (TPSA) is 89.7 Å². The summed E-state index contributed by atoms with van der Waals surface area (Å²) in [6.07, 6.45) is 3.81. The molecule has 1 aromatic carbocycles. The Morgan fingerprint density at radius 2 is 1.71 bits per heavy atom. The number of piperidine rings is 1. The van der Waals surface area contributed by atoms with Crippen LogP contribution in [0.3, 0.4) is 0 Å². The zero-order valence-electron chi connectivity index (χ0n) is 18.9. The molecule has 0 saturated carbocycles. The van der Waals surface area contributed by atoms with E-state index >= 15 is 0 Å². The monoisotopic (exact) mass is 426 g/mol. The maximum atomic E-state index is 11.2. The number of likely N-dealkylation sites (tertiary alicyclic amines) is 1. The number of benzene rings is 1. The van der Waals surface area contributed by atoms with Crippen molar-refractivity contribution in [1.29, 1.82) is 0 Å². The standard InChI is InChI=1S/C24H34N4O3/c1-16(2)30-21-11-18(12-22(13-21)31-17(3)4)15-28-9-7-20(8-10-28)27-23-6-5-19(14-26-23)24(25)29/h5-6,11-14,16-17,20H,7-10,15H2,1-4H3,(H2,25,29)(H,26,27). The van der Waals surface area contributed by atoms with E-state index in [1.165, 1.54) is 11.8 Å². The predicted octanol–water partition coefficient (Wildman–Crippen LogP) is 3.83. The molecule has 0 aliphatic carbocycles. The summed E-state index contributed by atoms with van der Waals surface area (Å²) < 4.78 is 11.9. The van der Waals surface area contributed by atoms with Gasteiger partial charge in [0.25, 0.3) is 0 Å². The van der Waals surface area contributed by atoms with Crippen molar-refractivity contribution in [2.75, 3.05) is 18.4 Å². The average molecular weight is 427 g/mol. The van der Waals surface area contributed by atoms with Crippen molar-refractivity contribution in [2.45, 2.75) is 65.3 Å². The highest BCUT2D eigenvalue weighted by Gasteiger charge is 2.20. The normalized spacial score (nSPS) is 15.3. The highest BCUT2D eigenvalue weighted by Crippen LogP contribution is 2.27. The third kappa shape index (κ3) is 7.14. The minimum absolute atomic E-state index is 0.120. The van der Waals surface area contributed by atoms with Gasteiger partial charge in [0.15, 0.2) is 0 Å². The first kappa shape index (κ1) is 22.9. The molecule has 7 heteroatoms. The largest absolute Gasteiger partial charge is 0.491 e. The molecule has 1 fully saturated rings. The fraction of sp³-hybridized carbons (Fsp3) is 0.500. The molecule has 1 saturated heterocycles. The number of carbonyl (C=O) groups excluding carboxylic acids is 1. The highest BCUT2D eigenvalue weighted by molar-refractivity contribution is 5.92. The summed E-state index contributed by atoms with van der Waals surface area (Å²) in [5.41, 5.74) is 6.89. The third-order valence-electron chi connectivity index (χ3n) is 5.08. The number of hydrogen-bond donors (Lipinski definition) is 2. The van der Waals surface area contributed by atoms with E-state index in [9.17, 15) is 4.79 Å². The lowest BCUT2D eigenvalue weighted by molar-refractivity contribution is 0.1000. The van der Waals surface area contributed by atoms with Crippen molar-refractivity contribution < 1.29 is 14.3 Å². The second-order valence-electron chi connectivity index (χ2n) is 8.64. The number of nitrogens with two attached hydrogens (primary N) is 1. The van der Waals surface area contributed by atoms with Crippen LogP contribution in [0, 0.1) is 0 Å². The summed E-state index contributed by atoms with van der Waals surface area (Å²) in [6, 6.07) is 10.1. The van der Waals surface area contributed by atoms with Crippen LogP contribution in [0.4, 0.5) is 5.82 Å². The van der Waals surface area contributed by atoms with Crippen molar-refractivity contribution in [1.82, 2.24) is 9.88 Å². The molecule has 2 aromatic rings. The second kappa shape index (κ2) is 10.5. The summed E-state index contributed by atoms with van der Waals surface area (Å²) in [6.45, 7) is 11.0. The van der Waals surface area contributed by atoms with Gasteiger partial charge >= 0.3 is 0 Å². The Kier molecular flexibility index (Phi) is 7.74. The Morgan fingerprint density at radius 1 is 1.10 bits per heavy atom. The van der Waals surface area contributed by atoms with Gasteiger partial charge in [0.05, 0.1) is 17.8 Å². The summed E-state index contributed by atoms with van der Waals surface area (Å²) in [5, 5.41) is 3.46. The fourth-order valence-electron chi connectivity index (χ4n) is 3.73. The van der Waals surface area contributed by atoms with Crippen molar-refractivity contribution in [2.24, 2.45) is 5.73 Å². The molecular formula is C24H34N4O3. The number of amides is 1. The van der Waals surface area contributed by atoms with Crippen molar-refractivity contribution in [3.05, 3.63) is 47.7 Å². The highest BCUT2D eigenvalue weighted by atomic mass is 16.5. The number of ether oxygens (including phenoxy) is 2. The first-order chi connectivity index (χ1) is 14.8. The van der Waals surface area contributed by atoms with Gasteiger partial charge in [0, 0.05) is 37.9 Å². The molecule has 1 aromatic heterocycles. The van der Waals surface area contributed by atoms with Crippen LogP contribution < -0.4 is 20.5 Å². The summed E-state index contributed by atoms with van der Waals surface area (Å²) in [7, 11) is 0. The van der Waals surface area contributed by atoms with Crippen LogP contribution in [0.1, 0.15) is 56.5 Å². The lowest BCUT2D eigenvalue weighted by Gasteiger charge is -2.32. The van der Waals surface area contributed by atoms with Crippen LogP contribution in [-0.2, 0) is 6.54 Å². The van der Waals surface area contributed by atoms with Gasteiger partial charge in [-0.05, 0) is 70.4 Å². The number of nitrogens with one attached hydrogen (secondary N) is 1. The zero-order valence-corrected chi connectivity index (χ0v) is 18.9. The molecule has 3 N–H and O–H groups in total. The van der Waals surface area contributed by atoms with Gasteiger partial charge in [0.1, 0.15) is 17.3 Å². The van der Waals surface area contributed by atoms with Crippen LogP contribution >= 0.6 is 0 Å². The van der Waals surface area contributed by atoms with Crippen molar-refractivity contribution >= 4 is 11.7 Å². The number of rotatable bonds is 9. The first-order valence-corrected chi connectivity index (χ1v) is 11.0. The molecule has 0 unspecified atom stereocenters. The number of anilines is 1. The second-order valence-corrected chi connectivity index (χ2v) is 8.64. The molecule has 31 heavy (non-hydrogen) atoms. The Labute approximate surface area is 184 Å². The van der Waals surface area contributed by atoms with E-state index < -0.39 is 5.91 Å². The van der Waals surface area contributed by atoms with E-state index in [0.717, 1.165) is 49.8 Å². The summed E-state index contributed by atoms with van der Waals surface area (Å²) >= 11 is 0. The van der Waals surface area contributed by atoms with E-state index in [-0.39, 0.29) is 12.2 Å². The van der Waals surface area contributed by atoms with E-state index in [1.54, 1.807) is 6.07 Å². The summed E-state index contributed by atoms with van der Waals surface area (Å²) in [4.78, 5) is 17.9. The third-order valence-corrected chi connectivity index (χ3v) is 5.08. The number of nitrogens with zero attached hydrogens (tertiary/aromatic N) is 2. The van der Waals surface area contributed by atoms with Crippen LogP contribution in [0.5, 0.6) is 11.5 Å². The van der Waals surface area contributed by atoms with Gasteiger partial charge in [-0.2, -0.15) is 0 Å². The fourth-order valence-corrected chi connectivity index (χ4v) is 3.73. The summed E-state index contributed by atoms with van der Waals surface area (Å²) in [5.74, 6) is 2.02. The lowest BCUT2D eigenvalue weighted by Crippen LogP contribution is -2.38. The van der Waals surface area contributed by atoms with Crippen molar-refractivity contribution in [3.8, 4) is 11.5 Å². The van der Waals surface area contributed by atoms with Gasteiger partial charge in [0.2, 0.25) is 5.91 Å². The molecule has 0 atom stereocenters. The maximum absolute atomic E-state index is 11.2. The minimum Gasteiger partial charge on any atom is -0.491 e. The molecule has 0 spiro atoms. The predicted molar refractivity (Wildman–Crippen MR) is 123 cm³/mol. The van der Waals surface area contributed by atoms with Crippen molar-refractivity contribution in [3.63, 3.8) is 0 Å². The van der Waals surface area contributed by atoms with Gasteiger partial charge in [-0.25, -0.2) is 4.98 Å². The Bertz CT molecular complexity index is 831.